The number of ether oxygens (including phenoxy) is 2. The molecule has 25 heavy (non-hydrogen) atoms. The van der Waals surface area contributed by atoms with E-state index in [1.54, 1.807) is 4.90 Å². The number of carbonyl (C=O) groups excluding carboxylic acids is 2. The van der Waals surface area contributed by atoms with Gasteiger partial charge >= 0.3 is 6.09 Å². The van der Waals surface area contributed by atoms with E-state index in [1.165, 1.54) is 12.1 Å². The van der Waals surface area contributed by atoms with Gasteiger partial charge in [0.2, 0.25) is 0 Å². The number of hydrogen-bond donors (Lipinski definition) is 1. The lowest BCUT2D eigenvalue weighted by Crippen LogP contribution is -2.44. The van der Waals surface area contributed by atoms with Crippen LogP contribution in [0.15, 0.2) is 18.2 Å². The van der Waals surface area contributed by atoms with Gasteiger partial charge in [-0.05, 0) is 51.8 Å². The Hall–Kier alpha value is -2.31. The topological polar surface area (TPSA) is 81.9 Å². The summed E-state index contributed by atoms with van der Waals surface area (Å²) in [5.41, 5.74) is 4.73. The summed E-state index contributed by atoms with van der Waals surface area (Å²) in [6, 6.07) is 3.67. The molecular formula is C18H25FN2O4. The van der Waals surface area contributed by atoms with Crippen LogP contribution in [0.25, 0.3) is 0 Å². The number of nitrogens with two attached hydrogens (primary N) is 1. The van der Waals surface area contributed by atoms with Crippen LogP contribution in [0.3, 0.4) is 0 Å². The molecule has 1 atom stereocenters. The van der Waals surface area contributed by atoms with Crippen molar-refractivity contribution in [2.75, 3.05) is 19.7 Å². The quantitative estimate of drug-likeness (QED) is 0.903. The maximum atomic E-state index is 13.3. The first-order chi connectivity index (χ1) is 11.7. The number of hydrogen-bond acceptors (Lipinski definition) is 4. The first-order valence-corrected chi connectivity index (χ1v) is 8.36. The van der Waals surface area contributed by atoms with E-state index in [-0.39, 0.29) is 23.3 Å². The Balaban J connectivity index is 1.95. The first kappa shape index (κ1) is 19.0. The fraction of sp³-hybridized carbons (Fsp3) is 0.556. The van der Waals surface area contributed by atoms with Gasteiger partial charge in [0, 0.05) is 19.0 Å². The summed E-state index contributed by atoms with van der Waals surface area (Å²) in [4.78, 5) is 25.2. The summed E-state index contributed by atoms with van der Waals surface area (Å²) < 4.78 is 24.3. The largest absolute Gasteiger partial charge is 0.492 e. The van der Waals surface area contributed by atoms with E-state index in [1.807, 2.05) is 20.8 Å². The SMILES string of the molecule is CC(C)(C)OC(=O)N1CCC[C@@H](COc2ccc(F)cc2C(N)=O)C1. The molecule has 2 amide bonds. The molecule has 1 aromatic carbocycles. The van der Waals surface area contributed by atoms with Gasteiger partial charge in [0.1, 0.15) is 17.2 Å². The molecular weight excluding hydrogens is 327 g/mol. The molecule has 1 heterocycles. The molecule has 1 aromatic rings. The zero-order valence-corrected chi connectivity index (χ0v) is 14.9. The highest BCUT2D eigenvalue weighted by atomic mass is 19.1. The van der Waals surface area contributed by atoms with E-state index in [2.05, 4.69) is 0 Å². The third-order valence-corrected chi connectivity index (χ3v) is 3.85. The maximum Gasteiger partial charge on any atom is 0.410 e. The lowest BCUT2D eigenvalue weighted by atomic mass is 9.99. The average molecular weight is 352 g/mol. The van der Waals surface area contributed by atoms with Crippen LogP contribution in [0, 0.1) is 11.7 Å². The van der Waals surface area contributed by atoms with Gasteiger partial charge in [-0.15, -0.1) is 0 Å². The third-order valence-electron chi connectivity index (χ3n) is 3.85. The van der Waals surface area contributed by atoms with Crippen molar-refractivity contribution >= 4 is 12.0 Å². The summed E-state index contributed by atoms with van der Waals surface area (Å²) in [6.45, 7) is 6.96. The fourth-order valence-electron chi connectivity index (χ4n) is 2.72. The molecule has 0 bridgehead atoms. The third kappa shape index (κ3) is 5.62. The van der Waals surface area contributed by atoms with Crippen molar-refractivity contribution in [1.29, 1.82) is 0 Å². The number of piperidine rings is 1. The monoisotopic (exact) mass is 352 g/mol. The zero-order valence-electron chi connectivity index (χ0n) is 14.9. The van der Waals surface area contributed by atoms with Crippen LogP contribution in [0.5, 0.6) is 5.75 Å². The number of likely N-dealkylation sites (tertiary alicyclic amines) is 1. The van der Waals surface area contributed by atoms with Crippen LogP contribution >= 0.6 is 0 Å². The normalized spacial score (nSPS) is 17.9. The van der Waals surface area contributed by atoms with Gasteiger partial charge in [-0.1, -0.05) is 0 Å². The highest BCUT2D eigenvalue weighted by Crippen LogP contribution is 2.23. The molecule has 2 N–H and O–H groups in total. The Morgan fingerprint density at radius 3 is 2.72 bits per heavy atom. The van der Waals surface area contributed by atoms with Gasteiger partial charge in [0.25, 0.3) is 5.91 Å². The molecule has 6 nitrogen and oxygen atoms in total. The van der Waals surface area contributed by atoms with Crippen LogP contribution in [0.4, 0.5) is 9.18 Å². The van der Waals surface area contributed by atoms with Gasteiger partial charge in [-0.2, -0.15) is 0 Å². The predicted octanol–water partition coefficient (Wildman–Crippen LogP) is 2.95. The minimum Gasteiger partial charge on any atom is -0.492 e. The van der Waals surface area contributed by atoms with Crippen molar-refractivity contribution in [2.45, 2.75) is 39.2 Å². The highest BCUT2D eigenvalue weighted by Gasteiger charge is 2.28. The second-order valence-corrected chi connectivity index (χ2v) is 7.25. The van der Waals surface area contributed by atoms with Crippen LogP contribution in [0.2, 0.25) is 0 Å². The minimum atomic E-state index is -0.742. The van der Waals surface area contributed by atoms with Crippen LogP contribution in [0.1, 0.15) is 44.0 Å². The standard InChI is InChI=1S/C18H25FN2O4/c1-18(2,3)25-17(23)21-8-4-5-12(10-21)11-24-15-7-6-13(19)9-14(15)16(20)22/h6-7,9,12H,4-5,8,10-11H2,1-3H3,(H2,20,22)/t12-/m1/s1. The van der Waals surface area contributed by atoms with Crippen molar-refractivity contribution in [3.05, 3.63) is 29.6 Å². The molecule has 2 rings (SSSR count). The molecule has 1 aliphatic rings. The molecule has 1 saturated heterocycles. The van der Waals surface area contributed by atoms with Crippen LogP contribution in [-0.2, 0) is 4.74 Å². The zero-order chi connectivity index (χ0) is 18.6. The van der Waals surface area contributed by atoms with Crippen LogP contribution in [-0.4, -0.2) is 42.2 Å². The highest BCUT2D eigenvalue weighted by molar-refractivity contribution is 5.95. The summed E-state index contributed by atoms with van der Waals surface area (Å²) in [5, 5.41) is 0. The molecule has 0 aliphatic carbocycles. The molecule has 0 saturated carbocycles. The lowest BCUT2D eigenvalue weighted by molar-refractivity contribution is 0.0139. The second kappa shape index (κ2) is 7.72. The van der Waals surface area contributed by atoms with Gasteiger partial charge in [0.15, 0.2) is 0 Å². The fourth-order valence-corrected chi connectivity index (χ4v) is 2.72. The average Bonchev–Trinajstić information content (AvgIpc) is 2.52. The van der Waals surface area contributed by atoms with Crippen molar-refractivity contribution in [2.24, 2.45) is 11.7 Å². The Bertz CT molecular complexity index is 642. The second-order valence-electron chi connectivity index (χ2n) is 7.25. The number of benzene rings is 1. The molecule has 0 unspecified atom stereocenters. The van der Waals surface area contributed by atoms with Gasteiger partial charge in [-0.3, -0.25) is 4.79 Å². The Morgan fingerprint density at radius 2 is 2.08 bits per heavy atom. The minimum absolute atomic E-state index is 0.0137. The van der Waals surface area contributed by atoms with E-state index in [0.717, 1.165) is 18.9 Å². The number of halogens is 1. The molecule has 7 heteroatoms. The van der Waals surface area contributed by atoms with Crippen LogP contribution < -0.4 is 10.5 Å². The van der Waals surface area contributed by atoms with Crippen molar-refractivity contribution in [3.8, 4) is 5.75 Å². The van der Waals surface area contributed by atoms with E-state index in [9.17, 15) is 14.0 Å². The lowest BCUT2D eigenvalue weighted by Gasteiger charge is -2.34. The van der Waals surface area contributed by atoms with E-state index < -0.39 is 17.3 Å². The van der Waals surface area contributed by atoms with Crippen molar-refractivity contribution < 1.29 is 23.5 Å². The summed E-state index contributed by atoms with van der Waals surface area (Å²) in [6.07, 6.45) is 1.41. The Labute approximate surface area is 147 Å². The van der Waals surface area contributed by atoms with Gasteiger partial charge in [0.05, 0.1) is 12.2 Å². The molecule has 138 valence electrons. The van der Waals surface area contributed by atoms with E-state index in [4.69, 9.17) is 15.2 Å². The molecule has 0 aromatic heterocycles. The maximum absolute atomic E-state index is 13.3. The van der Waals surface area contributed by atoms with E-state index >= 15 is 0 Å². The van der Waals surface area contributed by atoms with Gasteiger partial charge < -0.3 is 20.1 Å². The molecule has 1 fully saturated rings. The number of nitrogens with zero attached hydrogens (tertiary/aromatic N) is 1. The number of amides is 2. The summed E-state index contributed by atoms with van der Waals surface area (Å²) in [5.74, 6) is -0.932. The molecule has 0 radical (unpaired) electrons. The molecule has 0 spiro atoms. The number of rotatable bonds is 4. The van der Waals surface area contributed by atoms with Crippen molar-refractivity contribution in [1.82, 2.24) is 4.90 Å². The Morgan fingerprint density at radius 1 is 1.36 bits per heavy atom. The predicted molar refractivity (Wildman–Crippen MR) is 90.9 cm³/mol. The smallest absolute Gasteiger partial charge is 0.410 e. The summed E-state index contributed by atoms with van der Waals surface area (Å²) in [7, 11) is 0. The summed E-state index contributed by atoms with van der Waals surface area (Å²) >= 11 is 0. The molecule has 1 aliphatic heterocycles. The van der Waals surface area contributed by atoms with Gasteiger partial charge in [-0.25, -0.2) is 9.18 Å². The first-order valence-electron chi connectivity index (χ1n) is 8.36. The van der Waals surface area contributed by atoms with Crippen molar-refractivity contribution in [3.63, 3.8) is 0 Å². The number of carbonyl (C=O) groups is 2. The number of primary amides is 1. The van der Waals surface area contributed by atoms with E-state index in [0.29, 0.717) is 19.7 Å². The Kier molecular flexibility index (Phi) is 5.87.